The van der Waals surface area contributed by atoms with E-state index in [0.29, 0.717) is 22.3 Å². The molecule has 4 rings (SSSR count). The molecule has 1 aliphatic carbocycles. The first-order valence-corrected chi connectivity index (χ1v) is 16.6. The lowest BCUT2D eigenvalue weighted by molar-refractivity contribution is -0.142. The van der Waals surface area contributed by atoms with E-state index in [1.165, 1.54) is 34.8 Å². The molecule has 0 heterocycles. The average molecular weight is 802 g/mol. The Morgan fingerprint density at radius 3 is 1.75 bits per heavy atom. The van der Waals surface area contributed by atoms with Crippen LogP contribution in [0.5, 0.6) is 23.0 Å². The van der Waals surface area contributed by atoms with Gasteiger partial charge in [-0.05, 0) is 122 Å². The highest BCUT2D eigenvalue weighted by atomic mass is 79.9. The number of methoxy groups -OCH3 is 1. The molecule has 280 valence electrons. The first kappa shape index (κ1) is 40.2. The minimum Gasteiger partial charge on any atom is -0.508 e. The van der Waals surface area contributed by atoms with Crippen molar-refractivity contribution in [3.05, 3.63) is 101 Å². The van der Waals surface area contributed by atoms with E-state index in [9.17, 15) is 48.1 Å². The van der Waals surface area contributed by atoms with Gasteiger partial charge in [0.2, 0.25) is 0 Å². The zero-order valence-electron chi connectivity index (χ0n) is 30.0. The van der Waals surface area contributed by atoms with Gasteiger partial charge in [0.15, 0.2) is 17.5 Å². The minimum absolute atomic E-state index is 0.00646. The zero-order valence-corrected chi connectivity index (χ0v) is 31.6. The van der Waals surface area contributed by atoms with Gasteiger partial charge in [-0.15, -0.1) is 0 Å². The molecule has 0 amide bonds. The van der Waals surface area contributed by atoms with Crippen molar-refractivity contribution in [3.8, 4) is 23.0 Å². The predicted molar refractivity (Wildman–Crippen MR) is 188 cm³/mol. The summed E-state index contributed by atoms with van der Waals surface area (Å²) < 4.78 is 50.6. The molecule has 0 aromatic heterocycles. The second-order valence-corrected chi connectivity index (χ2v) is 13.2. The number of allylic oxidation sites excluding steroid dienone is 2. The number of ether oxygens (including phenoxy) is 4. The van der Waals surface area contributed by atoms with Gasteiger partial charge in [0.05, 0.1) is 18.2 Å². The van der Waals surface area contributed by atoms with Gasteiger partial charge in [0.1, 0.15) is 38.8 Å². The number of aromatic hydroxyl groups is 1. The molecule has 3 aromatic rings. The number of ketones is 1. The first-order valence-electron chi connectivity index (χ1n) is 15.8. The van der Waals surface area contributed by atoms with Crippen molar-refractivity contribution < 1.29 is 67.0 Å². The molecule has 1 aliphatic rings. The fourth-order valence-corrected chi connectivity index (χ4v) is 6.58. The van der Waals surface area contributed by atoms with Gasteiger partial charge in [-0.25, -0.2) is 23.2 Å². The molecule has 0 spiro atoms. The monoisotopic (exact) mass is 800 g/mol. The predicted octanol–water partition coefficient (Wildman–Crippen LogP) is 7.77. The van der Waals surface area contributed by atoms with Crippen LogP contribution in [0.2, 0.25) is 0 Å². The first-order chi connectivity index (χ1) is 24.7. The third kappa shape index (κ3) is 7.25. The van der Waals surface area contributed by atoms with E-state index in [2.05, 4.69) is 15.9 Å². The topological polar surface area (TPSA) is 183 Å². The number of rotatable bonds is 9. The summed E-state index contributed by atoms with van der Waals surface area (Å²) in [4.78, 5) is 64.6. The van der Waals surface area contributed by atoms with Crippen LogP contribution in [0.15, 0.2) is 34.2 Å². The summed E-state index contributed by atoms with van der Waals surface area (Å²) in [7, 11) is 1.19. The number of aromatic carboxylic acids is 1. The van der Waals surface area contributed by atoms with Crippen molar-refractivity contribution in [2.45, 2.75) is 61.8 Å². The van der Waals surface area contributed by atoms with Crippen LogP contribution in [0.4, 0.5) is 8.78 Å². The standard InChI is InChI=1S/C38H35BrF2O12/c1-13-14(2)27(36(47)52-32-18(6)15(3)26(35(45)46)16(4)19(32)7)22(34(40)41)12-24(13)51-37(48)28-17(5)20(8)33(30(39)31(28)44)53-38(49)29-23(43)10-21(42)11-25(29)50-9/h10-12,29,34,42,44H,1-9H3,(H,45,46). The van der Waals surface area contributed by atoms with Crippen molar-refractivity contribution in [2.75, 3.05) is 7.11 Å². The number of carboxylic acids is 1. The van der Waals surface area contributed by atoms with Gasteiger partial charge in [-0.3, -0.25) is 9.59 Å². The van der Waals surface area contributed by atoms with Crippen LogP contribution in [0.25, 0.3) is 0 Å². The Morgan fingerprint density at radius 1 is 0.717 bits per heavy atom. The number of carbonyl (C=O) groups is 5. The molecule has 53 heavy (non-hydrogen) atoms. The molecular weight excluding hydrogens is 766 g/mol. The molecule has 0 bridgehead atoms. The molecule has 0 aliphatic heterocycles. The molecule has 15 heteroatoms. The lowest BCUT2D eigenvalue weighted by Crippen LogP contribution is -2.32. The van der Waals surface area contributed by atoms with Crippen LogP contribution in [0.3, 0.4) is 0 Å². The number of esters is 3. The van der Waals surface area contributed by atoms with E-state index in [-0.39, 0.29) is 55.3 Å². The number of phenolic OH excluding ortho intramolecular Hbond substituents is 1. The van der Waals surface area contributed by atoms with E-state index in [4.69, 9.17) is 18.9 Å². The van der Waals surface area contributed by atoms with E-state index in [1.54, 1.807) is 27.7 Å². The number of alkyl halides is 2. The molecule has 0 fully saturated rings. The van der Waals surface area contributed by atoms with Crippen molar-refractivity contribution in [1.82, 2.24) is 0 Å². The van der Waals surface area contributed by atoms with Crippen LogP contribution in [-0.4, -0.2) is 52.1 Å². The van der Waals surface area contributed by atoms with Crippen LogP contribution in [0, 0.1) is 61.3 Å². The molecule has 1 atom stereocenters. The minimum atomic E-state index is -3.24. The molecule has 3 aromatic carbocycles. The molecule has 0 saturated heterocycles. The molecular formula is C38H35BrF2O12. The van der Waals surface area contributed by atoms with E-state index in [0.717, 1.165) is 18.2 Å². The number of phenols is 1. The molecule has 0 radical (unpaired) electrons. The Balaban J connectivity index is 1.70. The summed E-state index contributed by atoms with van der Waals surface area (Å²) in [5.74, 6) is -8.89. The van der Waals surface area contributed by atoms with Gasteiger partial charge >= 0.3 is 23.9 Å². The Hall–Kier alpha value is -5.57. The number of hydrogen-bond acceptors (Lipinski definition) is 11. The Morgan fingerprint density at radius 2 is 1.23 bits per heavy atom. The number of aliphatic hydroxyl groups is 1. The van der Waals surface area contributed by atoms with E-state index >= 15 is 0 Å². The smallest absolute Gasteiger partial charge is 0.347 e. The summed E-state index contributed by atoms with van der Waals surface area (Å²) in [6.07, 6.45) is -1.35. The molecule has 3 N–H and O–H groups in total. The third-order valence-corrected chi connectivity index (χ3v) is 10.2. The second-order valence-electron chi connectivity index (χ2n) is 12.4. The number of carboxylic acid groups (broad SMARTS) is 1. The number of benzene rings is 3. The summed E-state index contributed by atoms with van der Waals surface area (Å²) in [5.41, 5.74) is 0.0630. The number of carbonyl (C=O) groups excluding carboxylic acids is 4. The Bertz CT molecular complexity index is 2140. The van der Waals surface area contributed by atoms with Gasteiger partial charge in [-0.2, -0.15) is 0 Å². The summed E-state index contributed by atoms with van der Waals surface area (Å²) in [6.45, 7) is 11.8. The summed E-state index contributed by atoms with van der Waals surface area (Å²) >= 11 is 3.12. The summed E-state index contributed by atoms with van der Waals surface area (Å²) in [6, 6.07) is 0.823. The highest BCUT2D eigenvalue weighted by Gasteiger charge is 2.37. The van der Waals surface area contributed by atoms with Gasteiger partial charge in [0.25, 0.3) is 6.43 Å². The Kier molecular flexibility index (Phi) is 11.5. The zero-order chi connectivity index (χ0) is 40.0. The Labute approximate surface area is 310 Å². The maximum Gasteiger partial charge on any atom is 0.347 e. The third-order valence-electron chi connectivity index (χ3n) is 9.44. The highest BCUT2D eigenvalue weighted by Crippen LogP contribution is 2.44. The SMILES string of the molecule is COC1=CC(O)=CC(=O)C1C(=O)Oc1c(C)c(C)c(C(=O)Oc2cc(C(F)F)c(C(=O)Oc3c(C)c(C)c(C(=O)O)c(C)c3C)c(C)c2C)c(O)c1Br. The molecule has 1 unspecified atom stereocenters. The van der Waals surface area contributed by atoms with Crippen molar-refractivity contribution in [1.29, 1.82) is 0 Å². The molecule has 0 saturated carbocycles. The number of aliphatic hydroxyl groups excluding tert-OH is 1. The average Bonchev–Trinajstić information content (AvgIpc) is 3.07. The summed E-state index contributed by atoms with van der Waals surface area (Å²) in [5, 5.41) is 30.5. The van der Waals surface area contributed by atoms with E-state index < -0.39 is 70.2 Å². The number of halogens is 3. The largest absolute Gasteiger partial charge is 0.508 e. The van der Waals surface area contributed by atoms with Crippen molar-refractivity contribution in [2.24, 2.45) is 5.92 Å². The normalized spacial score (nSPS) is 14.1. The van der Waals surface area contributed by atoms with E-state index in [1.807, 2.05) is 0 Å². The highest BCUT2D eigenvalue weighted by molar-refractivity contribution is 9.10. The number of hydrogen-bond donors (Lipinski definition) is 3. The lowest BCUT2D eigenvalue weighted by Gasteiger charge is -2.22. The van der Waals surface area contributed by atoms with Crippen molar-refractivity contribution >= 4 is 45.6 Å². The van der Waals surface area contributed by atoms with Crippen LogP contribution >= 0.6 is 15.9 Å². The van der Waals surface area contributed by atoms with Gasteiger partial charge < -0.3 is 34.3 Å². The lowest BCUT2D eigenvalue weighted by atomic mass is 9.92. The fraction of sp³-hybridized carbons (Fsp3) is 0.289. The maximum atomic E-state index is 14.6. The van der Waals surface area contributed by atoms with Crippen molar-refractivity contribution in [3.63, 3.8) is 0 Å². The van der Waals surface area contributed by atoms with Crippen LogP contribution < -0.4 is 14.2 Å². The fourth-order valence-electron chi connectivity index (χ4n) is 6.00. The van der Waals surface area contributed by atoms with Gasteiger partial charge in [0, 0.05) is 17.7 Å². The second kappa shape index (κ2) is 15.2. The maximum absolute atomic E-state index is 14.6. The van der Waals surface area contributed by atoms with Crippen LogP contribution in [0.1, 0.15) is 87.6 Å². The van der Waals surface area contributed by atoms with Gasteiger partial charge in [-0.1, -0.05) is 0 Å². The molecule has 12 nitrogen and oxygen atoms in total. The van der Waals surface area contributed by atoms with Crippen LogP contribution in [-0.2, 0) is 14.3 Å². The quantitative estimate of drug-likeness (QED) is 0.109.